The van der Waals surface area contributed by atoms with Crippen LogP contribution in [0.3, 0.4) is 0 Å². The Morgan fingerprint density at radius 3 is 1.95 bits per heavy atom. The van der Waals surface area contributed by atoms with Gasteiger partial charge < -0.3 is 10.3 Å². The summed E-state index contributed by atoms with van der Waals surface area (Å²) in [4.78, 5) is 35.1. The minimum Gasteiger partial charge on any atom is -0.364 e. The van der Waals surface area contributed by atoms with Crippen molar-refractivity contribution in [2.45, 2.75) is 18.4 Å². The monoisotopic (exact) mass is 592 g/mol. The molecule has 7 heteroatoms. The lowest BCUT2D eigenvalue weighted by Gasteiger charge is -2.37. The van der Waals surface area contributed by atoms with E-state index in [1.165, 1.54) is 11.3 Å². The van der Waals surface area contributed by atoms with Crippen LogP contribution in [0.25, 0.3) is 17.3 Å². The van der Waals surface area contributed by atoms with Gasteiger partial charge in [0.05, 0.1) is 12.0 Å². The predicted octanol–water partition coefficient (Wildman–Crippen LogP) is 7.16. The van der Waals surface area contributed by atoms with Crippen LogP contribution in [-0.4, -0.2) is 26.2 Å². The summed E-state index contributed by atoms with van der Waals surface area (Å²) in [5.74, 6) is -0.771. The maximum atomic E-state index is 13.4. The summed E-state index contributed by atoms with van der Waals surface area (Å²) >= 11 is 1.21. The highest BCUT2D eigenvalue weighted by Gasteiger charge is 2.38. The van der Waals surface area contributed by atoms with Crippen LogP contribution in [0, 0.1) is 0 Å². The van der Waals surface area contributed by atoms with Gasteiger partial charge in [-0.1, -0.05) is 115 Å². The first-order chi connectivity index (χ1) is 21.6. The number of hydrogen-bond acceptors (Lipinski definition) is 5. The number of benzene rings is 4. The second-order valence-corrected chi connectivity index (χ2v) is 11.8. The molecule has 2 heterocycles. The number of fused-ring (bicyclic) bond motifs is 1. The normalized spacial score (nSPS) is 14.0. The summed E-state index contributed by atoms with van der Waals surface area (Å²) in [6.45, 7) is 0. The maximum absolute atomic E-state index is 13.4. The van der Waals surface area contributed by atoms with Crippen molar-refractivity contribution >= 4 is 29.1 Å². The average molecular weight is 593 g/mol. The van der Waals surface area contributed by atoms with Crippen molar-refractivity contribution in [2.24, 2.45) is 5.73 Å². The summed E-state index contributed by atoms with van der Waals surface area (Å²) in [5, 5.41) is 0.175. The second kappa shape index (κ2) is 11.4. The molecule has 0 spiro atoms. The number of Topliss-reactive ketones (excluding diaryl/α,β-unsaturated/α-hetero) is 1. The molecule has 1 amide bonds. The van der Waals surface area contributed by atoms with Crippen molar-refractivity contribution in [3.63, 3.8) is 0 Å². The number of carbonyl (C=O) groups is 2. The van der Waals surface area contributed by atoms with E-state index in [1.54, 1.807) is 0 Å². The third-order valence-corrected chi connectivity index (χ3v) is 9.28. The van der Waals surface area contributed by atoms with Crippen molar-refractivity contribution in [1.29, 1.82) is 0 Å². The number of ketones is 1. The van der Waals surface area contributed by atoms with E-state index in [0.717, 1.165) is 38.4 Å². The Balaban J connectivity index is 1.36. The van der Waals surface area contributed by atoms with Crippen LogP contribution in [0.1, 0.15) is 53.8 Å². The van der Waals surface area contributed by atoms with E-state index in [2.05, 4.69) is 88.5 Å². The van der Waals surface area contributed by atoms with Crippen molar-refractivity contribution < 1.29 is 9.59 Å². The summed E-state index contributed by atoms with van der Waals surface area (Å²) < 4.78 is 2.19. The van der Waals surface area contributed by atoms with Crippen LogP contribution in [0.4, 0.5) is 0 Å². The van der Waals surface area contributed by atoms with Gasteiger partial charge in [0.1, 0.15) is 11.2 Å². The number of amides is 1. The average Bonchev–Trinajstić information content (AvgIpc) is 3.74. The molecular weight excluding hydrogens is 565 g/mol. The van der Waals surface area contributed by atoms with Gasteiger partial charge in [-0.3, -0.25) is 9.59 Å². The highest BCUT2D eigenvalue weighted by molar-refractivity contribution is 7.14. The minimum atomic E-state index is -0.680. The van der Waals surface area contributed by atoms with Gasteiger partial charge in [0.25, 0.3) is 5.91 Å². The van der Waals surface area contributed by atoms with E-state index >= 15 is 0 Å². The molecule has 4 aromatic carbocycles. The van der Waals surface area contributed by atoms with Crippen molar-refractivity contribution in [3.05, 3.63) is 171 Å². The van der Waals surface area contributed by atoms with Gasteiger partial charge in [0.2, 0.25) is 5.78 Å². The topological polar surface area (TPSA) is 90.9 Å². The van der Waals surface area contributed by atoms with E-state index in [0.29, 0.717) is 24.1 Å². The van der Waals surface area contributed by atoms with Crippen LogP contribution < -0.4 is 5.73 Å². The van der Waals surface area contributed by atoms with Gasteiger partial charge in [0, 0.05) is 22.2 Å². The van der Waals surface area contributed by atoms with Crippen LogP contribution in [0.15, 0.2) is 133 Å². The molecule has 214 valence electrons. The molecule has 0 saturated heterocycles. The lowest BCUT2D eigenvalue weighted by atomic mass is 9.77. The highest BCUT2D eigenvalue weighted by atomic mass is 32.1. The van der Waals surface area contributed by atoms with Crippen molar-refractivity contribution in [2.75, 3.05) is 0 Å². The zero-order valence-corrected chi connectivity index (χ0v) is 24.6. The first-order valence-electron chi connectivity index (χ1n) is 14.4. The zero-order valence-electron chi connectivity index (χ0n) is 23.8. The first kappa shape index (κ1) is 27.4. The quantitative estimate of drug-likeness (QED) is 0.157. The molecular formula is C37H28N4O2S. The Morgan fingerprint density at radius 1 is 0.795 bits per heavy atom. The standard InChI is InChI=1S/C37H28N4O2S/c38-35(43)36-40-33-32(44-36)21-20-26(34(33)42)22-25-12-10-11-19-30(25)31-23-41(24-39-31)37(27-13-4-1-5-14-27,28-15-6-2-7-16-28)29-17-8-3-9-18-29/h1-19,22-24H,20-21H2,(H2,38,43)/b26-22+. The highest BCUT2D eigenvalue weighted by Crippen LogP contribution is 2.42. The molecule has 2 N–H and O–H groups in total. The van der Waals surface area contributed by atoms with E-state index < -0.39 is 11.4 Å². The van der Waals surface area contributed by atoms with E-state index in [1.807, 2.05) is 54.9 Å². The SMILES string of the molecule is NC(=O)c1nc2c(s1)CC/C(=C\c1ccccc1-c1cn(C(c3ccccc3)(c3ccccc3)c3ccccc3)cn1)C2=O. The van der Waals surface area contributed by atoms with Gasteiger partial charge in [-0.25, -0.2) is 9.97 Å². The van der Waals surface area contributed by atoms with Crippen LogP contribution in [-0.2, 0) is 12.0 Å². The molecule has 0 aliphatic heterocycles. The molecule has 0 saturated carbocycles. The number of primary amides is 1. The number of rotatable bonds is 7. The largest absolute Gasteiger partial charge is 0.364 e. The third-order valence-electron chi connectivity index (χ3n) is 8.15. The van der Waals surface area contributed by atoms with Crippen LogP contribution in [0.2, 0.25) is 0 Å². The van der Waals surface area contributed by atoms with Crippen LogP contribution in [0.5, 0.6) is 0 Å². The molecule has 0 atom stereocenters. The third kappa shape index (κ3) is 4.68. The second-order valence-electron chi connectivity index (χ2n) is 10.7. The molecule has 44 heavy (non-hydrogen) atoms. The smallest absolute Gasteiger partial charge is 0.277 e. The fourth-order valence-corrected chi connectivity index (χ4v) is 7.04. The lowest BCUT2D eigenvalue weighted by molar-refractivity contribution is 0.1000. The summed E-state index contributed by atoms with van der Waals surface area (Å²) in [5.41, 5.74) is 11.7. The number of hydrogen-bond donors (Lipinski definition) is 1. The van der Waals surface area contributed by atoms with Crippen molar-refractivity contribution in [3.8, 4) is 11.3 Å². The molecule has 6 nitrogen and oxygen atoms in total. The Labute approximate surface area is 259 Å². The number of aromatic nitrogens is 3. The Kier molecular flexibility index (Phi) is 7.08. The number of nitrogens with two attached hydrogens (primary N) is 1. The molecule has 0 unspecified atom stereocenters. The number of aryl methyl sites for hydroxylation is 1. The number of carbonyl (C=O) groups excluding carboxylic acids is 2. The van der Waals surface area contributed by atoms with Crippen LogP contribution >= 0.6 is 11.3 Å². The molecule has 0 radical (unpaired) electrons. The summed E-state index contributed by atoms with van der Waals surface area (Å²) in [7, 11) is 0. The molecule has 0 bridgehead atoms. The number of thiazole rings is 1. The van der Waals surface area contributed by atoms with Gasteiger partial charge in [-0.2, -0.15) is 0 Å². The fraction of sp³-hybridized carbons (Fsp3) is 0.0811. The van der Waals surface area contributed by atoms with E-state index in [-0.39, 0.29) is 10.8 Å². The Bertz CT molecular complexity index is 1910. The Hall–Kier alpha value is -5.40. The molecule has 1 aliphatic carbocycles. The summed E-state index contributed by atoms with van der Waals surface area (Å²) in [6.07, 6.45) is 7.12. The lowest BCUT2D eigenvalue weighted by Crippen LogP contribution is -2.36. The molecule has 7 rings (SSSR count). The van der Waals surface area contributed by atoms with Gasteiger partial charge >= 0.3 is 0 Å². The van der Waals surface area contributed by atoms with Gasteiger partial charge in [0.15, 0.2) is 5.01 Å². The van der Waals surface area contributed by atoms with Gasteiger partial charge in [-0.05, 0) is 41.2 Å². The molecule has 6 aromatic rings. The molecule has 1 aliphatic rings. The molecule has 0 fully saturated rings. The number of imidazole rings is 1. The predicted molar refractivity (Wildman–Crippen MR) is 174 cm³/mol. The summed E-state index contributed by atoms with van der Waals surface area (Å²) in [6, 6.07) is 39.4. The van der Waals surface area contributed by atoms with E-state index in [9.17, 15) is 9.59 Å². The van der Waals surface area contributed by atoms with Crippen molar-refractivity contribution in [1.82, 2.24) is 14.5 Å². The van der Waals surface area contributed by atoms with E-state index in [4.69, 9.17) is 10.7 Å². The zero-order chi connectivity index (χ0) is 30.1. The molecule has 2 aromatic heterocycles. The maximum Gasteiger partial charge on any atom is 0.277 e. The number of nitrogens with zero attached hydrogens (tertiary/aromatic N) is 3. The Morgan fingerprint density at radius 2 is 1.36 bits per heavy atom. The number of allylic oxidation sites excluding steroid dienone is 1. The first-order valence-corrected chi connectivity index (χ1v) is 15.2. The minimum absolute atomic E-state index is 0.161. The fourth-order valence-electron chi connectivity index (χ4n) is 6.13. The van der Waals surface area contributed by atoms with Gasteiger partial charge in [-0.15, -0.1) is 11.3 Å².